The van der Waals surface area contributed by atoms with Crippen LogP contribution in [0.3, 0.4) is 0 Å². The van der Waals surface area contributed by atoms with E-state index in [0.717, 1.165) is 21.4 Å². The highest BCUT2D eigenvalue weighted by Crippen LogP contribution is 2.32. The third-order valence-electron chi connectivity index (χ3n) is 2.53. The number of nitrogen functional groups attached to an aromatic ring is 1. The maximum Gasteiger partial charge on any atom is 0.341 e. The van der Waals surface area contributed by atoms with Gasteiger partial charge in [-0.15, -0.1) is 5.10 Å². The Kier molecular flexibility index (Phi) is 3.47. The quantitative estimate of drug-likeness (QED) is 0.863. The van der Waals surface area contributed by atoms with Crippen LogP contribution in [0.15, 0.2) is 16.6 Å². The average molecular weight is 309 g/mol. The van der Waals surface area contributed by atoms with Crippen molar-refractivity contribution < 1.29 is 4.74 Å². The fraction of sp³-hybridized carbons (Fsp3) is 0.250. The van der Waals surface area contributed by atoms with Crippen LogP contribution in [0.5, 0.6) is 11.8 Å². The van der Waals surface area contributed by atoms with Crippen molar-refractivity contribution in [3.8, 4) is 11.8 Å². The number of nitrogens with zero attached hydrogens (tertiary/aromatic N) is 3. The Morgan fingerprint density at radius 3 is 2.44 bits per heavy atom. The Bertz CT molecular complexity index is 578. The minimum Gasteiger partial charge on any atom is -0.421 e. The molecule has 0 saturated heterocycles. The van der Waals surface area contributed by atoms with Crippen LogP contribution in [0, 0.1) is 20.8 Å². The van der Waals surface area contributed by atoms with Crippen LogP contribution in [0.4, 0.5) is 5.69 Å². The lowest BCUT2D eigenvalue weighted by molar-refractivity contribution is 0.429. The van der Waals surface area contributed by atoms with Crippen molar-refractivity contribution in [2.24, 2.45) is 0 Å². The highest BCUT2D eigenvalue weighted by atomic mass is 79.9. The fourth-order valence-corrected chi connectivity index (χ4v) is 2.06. The zero-order chi connectivity index (χ0) is 13.3. The second-order valence-corrected chi connectivity index (χ2v) is 4.92. The van der Waals surface area contributed by atoms with Crippen molar-refractivity contribution in [2.45, 2.75) is 20.8 Å². The lowest BCUT2D eigenvalue weighted by Crippen LogP contribution is -2.02. The number of ether oxygens (including phenoxy) is 1. The number of anilines is 1. The Morgan fingerprint density at radius 1 is 1.11 bits per heavy atom. The summed E-state index contributed by atoms with van der Waals surface area (Å²) in [6.07, 6.45) is 0. The third-order valence-corrected chi connectivity index (χ3v) is 2.99. The molecule has 0 aliphatic rings. The van der Waals surface area contributed by atoms with Crippen molar-refractivity contribution in [3.05, 3.63) is 33.6 Å². The van der Waals surface area contributed by atoms with Gasteiger partial charge in [0.1, 0.15) is 0 Å². The largest absolute Gasteiger partial charge is 0.421 e. The fourth-order valence-electron chi connectivity index (χ4n) is 1.47. The number of aryl methyl sites for hydroxylation is 3. The van der Waals surface area contributed by atoms with Crippen molar-refractivity contribution in [1.82, 2.24) is 15.2 Å². The van der Waals surface area contributed by atoms with Gasteiger partial charge >= 0.3 is 6.01 Å². The Labute approximate surface area is 114 Å². The molecule has 5 nitrogen and oxygen atoms in total. The zero-order valence-electron chi connectivity index (χ0n) is 10.4. The second kappa shape index (κ2) is 4.89. The minimum atomic E-state index is 0.204. The van der Waals surface area contributed by atoms with Crippen LogP contribution in [0.1, 0.15) is 17.0 Å². The molecule has 6 heteroatoms. The smallest absolute Gasteiger partial charge is 0.341 e. The molecule has 1 aromatic carbocycles. The minimum absolute atomic E-state index is 0.204. The van der Waals surface area contributed by atoms with E-state index in [0.29, 0.717) is 11.4 Å². The van der Waals surface area contributed by atoms with E-state index in [1.807, 2.05) is 26.8 Å². The monoisotopic (exact) mass is 308 g/mol. The summed E-state index contributed by atoms with van der Waals surface area (Å²) in [7, 11) is 0. The molecule has 0 spiro atoms. The first-order valence-corrected chi connectivity index (χ1v) is 6.18. The van der Waals surface area contributed by atoms with Crippen molar-refractivity contribution in [2.75, 3.05) is 5.73 Å². The van der Waals surface area contributed by atoms with Gasteiger partial charge in [0.25, 0.3) is 0 Å². The molecule has 1 aromatic heterocycles. The molecule has 2 aromatic rings. The first kappa shape index (κ1) is 12.8. The van der Waals surface area contributed by atoms with E-state index in [2.05, 4.69) is 31.1 Å². The summed E-state index contributed by atoms with van der Waals surface area (Å²) < 4.78 is 6.51. The van der Waals surface area contributed by atoms with Gasteiger partial charge in [0, 0.05) is 4.47 Å². The van der Waals surface area contributed by atoms with Gasteiger partial charge in [-0.1, -0.05) is 21.0 Å². The van der Waals surface area contributed by atoms with Gasteiger partial charge < -0.3 is 10.5 Å². The predicted molar refractivity (Wildman–Crippen MR) is 72.7 cm³/mol. The van der Waals surface area contributed by atoms with Gasteiger partial charge in [-0.25, -0.2) is 0 Å². The van der Waals surface area contributed by atoms with Gasteiger partial charge in [-0.05, 0) is 38.5 Å². The summed E-state index contributed by atoms with van der Waals surface area (Å²) in [4.78, 5) is 4.21. The van der Waals surface area contributed by atoms with Crippen LogP contribution in [-0.4, -0.2) is 15.2 Å². The van der Waals surface area contributed by atoms with Crippen LogP contribution in [-0.2, 0) is 0 Å². The van der Waals surface area contributed by atoms with Gasteiger partial charge in [0.2, 0.25) is 0 Å². The van der Waals surface area contributed by atoms with Gasteiger partial charge in [-0.2, -0.15) is 4.98 Å². The van der Waals surface area contributed by atoms with Crippen LogP contribution >= 0.6 is 15.9 Å². The molecule has 18 heavy (non-hydrogen) atoms. The molecule has 0 amide bonds. The molecule has 94 valence electrons. The molecule has 0 saturated carbocycles. The molecule has 0 aliphatic heterocycles. The molecular formula is C12H13BrN4O. The summed E-state index contributed by atoms with van der Waals surface area (Å²) in [5.74, 6) is 0.559. The number of halogens is 1. The van der Waals surface area contributed by atoms with E-state index in [1.54, 1.807) is 6.07 Å². The normalized spacial score (nSPS) is 10.4. The Hall–Kier alpha value is -1.69. The highest BCUT2D eigenvalue weighted by molar-refractivity contribution is 9.10. The van der Waals surface area contributed by atoms with E-state index in [9.17, 15) is 0 Å². The molecule has 1 heterocycles. The highest BCUT2D eigenvalue weighted by Gasteiger charge is 2.10. The first-order chi connectivity index (χ1) is 8.47. The predicted octanol–water partition coefficient (Wildman–Crippen LogP) is 2.93. The van der Waals surface area contributed by atoms with Crippen LogP contribution in [0.2, 0.25) is 0 Å². The lowest BCUT2D eigenvalue weighted by atomic mass is 10.2. The van der Waals surface area contributed by atoms with E-state index in [1.165, 1.54) is 0 Å². The number of hydrogen-bond acceptors (Lipinski definition) is 5. The van der Waals surface area contributed by atoms with Gasteiger partial charge in [0.15, 0.2) is 5.75 Å². The molecule has 2 rings (SSSR count). The number of rotatable bonds is 2. The molecule has 0 fully saturated rings. The topological polar surface area (TPSA) is 73.9 Å². The molecule has 0 radical (unpaired) electrons. The molecular weight excluding hydrogens is 296 g/mol. The SMILES string of the molecule is Cc1cc(Br)cc(N)c1Oc1nnc(C)c(C)n1. The number of aromatic nitrogens is 3. The van der Waals surface area contributed by atoms with Crippen molar-refractivity contribution in [1.29, 1.82) is 0 Å². The Balaban J connectivity index is 2.37. The van der Waals surface area contributed by atoms with E-state index >= 15 is 0 Å². The molecule has 0 bridgehead atoms. The molecule has 0 aliphatic carbocycles. The summed E-state index contributed by atoms with van der Waals surface area (Å²) in [6, 6.07) is 3.90. The van der Waals surface area contributed by atoms with Gasteiger partial charge in [0.05, 0.1) is 17.1 Å². The van der Waals surface area contributed by atoms with E-state index in [-0.39, 0.29) is 6.01 Å². The number of benzene rings is 1. The lowest BCUT2D eigenvalue weighted by Gasteiger charge is -2.10. The molecule has 2 N–H and O–H groups in total. The zero-order valence-corrected chi connectivity index (χ0v) is 11.9. The van der Waals surface area contributed by atoms with Crippen molar-refractivity contribution in [3.63, 3.8) is 0 Å². The van der Waals surface area contributed by atoms with E-state index < -0.39 is 0 Å². The first-order valence-electron chi connectivity index (χ1n) is 5.39. The molecule has 0 atom stereocenters. The molecule has 0 unspecified atom stereocenters. The number of nitrogens with two attached hydrogens (primary N) is 1. The van der Waals surface area contributed by atoms with E-state index in [4.69, 9.17) is 10.5 Å². The standard InChI is InChI=1S/C12H13BrN4O/c1-6-4-9(13)5-10(14)11(6)18-12-15-7(2)8(3)16-17-12/h4-5H,14H2,1-3H3. The van der Waals surface area contributed by atoms with Crippen LogP contribution in [0.25, 0.3) is 0 Å². The second-order valence-electron chi connectivity index (χ2n) is 4.01. The number of hydrogen-bond donors (Lipinski definition) is 1. The summed E-state index contributed by atoms with van der Waals surface area (Å²) in [6.45, 7) is 5.61. The summed E-state index contributed by atoms with van der Waals surface area (Å²) >= 11 is 3.37. The summed E-state index contributed by atoms with van der Waals surface area (Å²) in [5.41, 5.74) is 8.91. The van der Waals surface area contributed by atoms with Crippen molar-refractivity contribution >= 4 is 21.6 Å². The maximum atomic E-state index is 5.91. The van der Waals surface area contributed by atoms with Gasteiger partial charge in [-0.3, -0.25) is 0 Å². The Morgan fingerprint density at radius 2 is 1.83 bits per heavy atom. The maximum absolute atomic E-state index is 5.91. The third kappa shape index (κ3) is 2.59. The average Bonchev–Trinajstić information content (AvgIpc) is 2.28. The van der Waals surface area contributed by atoms with Crippen LogP contribution < -0.4 is 10.5 Å². The summed E-state index contributed by atoms with van der Waals surface area (Å²) in [5, 5.41) is 7.85.